The summed E-state index contributed by atoms with van der Waals surface area (Å²) in [5, 5.41) is 0.480. The Bertz CT molecular complexity index is 324. The number of aromatic nitrogens is 2. The topological polar surface area (TPSA) is 35.0 Å². The lowest BCUT2D eigenvalue weighted by molar-refractivity contribution is 0.199. The van der Waals surface area contributed by atoms with Crippen LogP contribution in [0.25, 0.3) is 0 Å². The van der Waals surface area contributed by atoms with Crippen molar-refractivity contribution >= 4 is 11.6 Å². The van der Waals surface area contributed by atoms with Gasteiger partial charge in [-0.1, -0.05) is 11.6 Å². The minimum atomic E-state index is 0.319. The fourth-order valence-electron chi connectivity index (χ4n) is 1.70. The highest BCUT2D eigenvalue weighted by Gasteiger charge is 2.18. The van der Waals surface area contributed by atoms with Gasteiger partial charge in [0, 0.05) is 5.56 Å². The van der Waals surface area contributed by atoms with E-state index in [9.17, 15) is 0 Å². The largest absolute Gasteiger partial charge is 0.474 e. The average Bonchev–Trinajstić information content (AvgIpc) is 2.66. The molecule has 0 radical (unpaired) electrons. The van der Waals surface area contributed by atoms with Gasteiger partial charge in [0.2, 0.25) is 5.88 Å². The summed E-state index contributed by atoms with van der Waals surface area (Å²) in [6.45, 7) is 1.88. The van der Waals surface area contributed by atoms with Gasteiger partial charge in [0.05, 0.1) is 0 Å². The molecule has 0 bridgehead atoms. The fourth-order valence-corrected chi connectivity index (χ4v) is 1.82. The van der Waals surface area contributed by atoms with Crippen LogP contribution in [0.4, 0.5) is 0 Å². The van der Waals surface area contributed by atoms with Crippen molar-refractivity contribution in [2.24, 2.45) is 0 Å². The van der Waals surface area contributed by atoms with E-state index in [1.165, 1.54) is 19.2 Å². The molecule has 0 saturated heterocycles. The first-order chi connectivity index (χ1) is 6.77. The Morgan fingerprint density at radius 2 is 2.07 bits per heavy atom. The highest BCUT2D eigenvalue weighted by Crippen LogP contribution is 2.26. The van der Waals surface area contributed by atoms with Gasteiger partial charge in [0.25, 0.3) is 0 Å². The Hall–Kier alpha value is -0.830. The van der Waals surface area contributed by atoms with Crippen LogP contribution in [0.2, 0.25) is 5.15 Å². The van der Waals surface area contributed by atoms with E-state index in [1.807, 2.05) is 6.92 Å². The Morgan fingerprint density at radius 3 is 2.79 bits per heavy atom. The zero-order valence-corrected chi connectivity index (χ0v) is 8.92. The first kappa shape index (κ1) is 9.71. The standard InChI is InChI=1S/C10H13ClN2O/c1-7-9(11)12-6-13-10(7)14-8-4-2-3-5-8/h6,8H,2-5H2,1H3. The number of rotatable bonds is 2. The molecule has 2 rings (SSSR count). The maximum atomic E-state index is 5.87. The van der Waals surface area contributed by atoms with Gasteiger partial charge in [-0.05, 0) is 32.6 Å². The van der Waals surface area contributed by atoms with Crippen molar-refractivity contribution in [3.05, 3.63) is 17.0 Å². The highest BCUT2D eigenvalue weighted by molar-refractivity contribution is 6.30. The van der Waals surface area contributed by atoms with Crippen LogP contribution in [-0.4, -0.2) is 16.1 Å². The maximum Gasteiger partial charge on any atom is 0.221 e. The Balaban J connectivity index is 2.11. The van der Waals surface area contributed by atoms with E-state index in [1.54, 1.807) is 0 Å². The predicted octanol–water partition coefficient (Wildman–Crippen LogP) is 2.76. The zero-order chi connectivity index (χ0) is 9.97. The lowest BCUT2D eigenvalue weighted by atomic mass is 10.3. The van der Waals surface area contributed by atoms with Gasteiger partial charge in [-0.3, -0.25) is 0 Å². The van der Waals surface area contributed by atoms with E-state index in [0.717, 1.165) is 18.4 Å². The van der Waals surface area contributed by atoms with Crippen LogP contribution in [-0.2, 0) is 0 Å². The van der Waals surface area contributed by atoms with E-state index in [-0.39, 0.29) is 0 Å². The predicted molar refractivity (Wildman–Crippen MR) is 54.7 cm³/mol. The second-order valence-electron chi connectivity index (χ2n) is 3.62. The number of nitrogens with zero attached hydrogens (tertiary/aromatic N) is 2. The van der Waals surface area contributed by atoms with Crippen molar-refractivity contribution in [1.29, 1.82) is 0 Å². The van der Waals surface area contributed by atoms with Crippen LogP contribution in [0.15, 0.2) is 6.33 Å². The normalized spacial score (nSPS) is 17.3. The molecule has 1 aromatic rings. The third-order valence-electron chi connectivity index (χ3n) is 2.56. The summed E-state index contributed by atoms with van der Waals surface area (Å²) in [5.74, 6) is 0.636. The molecule has 0 aromatic carbocycles. The molecular weight excluding hydrogens is 200 g/mol. The number of hydrogen-bond acceptors (Lipinski definition) is 3. The lowest BCUT2D eigenvalue weighted by Crippen LogP contribution is -2.13. The van der Waals surface area contributed by atoms with E-state index in [4.69, 9.17) is 16.3 Å². The van der Waals surface area contributed by atoms with Crippen LogP contribution in [0.5, 0.6) is 5.88 Å². The Labute approximate surface area is 88.5 Å². The van der Waals surface area contributed by atoms with E-state index >= 15 is 0 Å². The molecule has 0 unspecified atom stereocenters. The number of halogens is 1. The van der Waals surface area contributed by atoms with E-state index in [2.05, 4.69) is 9.97 Å². The third-order valence-corrected chi connectivity index (χ3v) is 2.94. The molecule has 1 aliphatic carbocycles. The summed E-state index contributed by atoms with van der Waals surface area (Å²) < 4.78 is 5.75. The lowest BCUT2D eigenvalue weighted by Gasteiger charge is -2.13. The van der Waals surface area contributed by atoms with Crippen LogP contribution in [0.1, 0.15) is 31.2 Å². The molecule has 1 aliphatic rings. The molecule has 0 N–H and O–H groups in total. The van der Waals surface area contributed by atoms with Gasteiger partial charge < -0.3 is 4.74 Å². The van der Waals surface area contributed by atoms with E-state index in [0.29, 0.717) is 17.1 Å². The molecule has 76 valence electrons. The zero-order valence-electron chi connectivity index (χ0n) is 8.16. The molecule has 1 heterocycles. The third kappa shape index (κ3) is 1.98. The van der Waals surface area contributed by atoms with Gasteiger partial charge in [0.15, 0.2) is 0 Å². The quantitative estimate of drug-likeness (QED) is 0.708. The molecule has 0 aliphatic heterocycles. The first-order valence-corrected chi connectivity index (χ1v) is 5.29. The van der Waals surface area contributed by atoms with Crippen LogP contribution in [0.3, 0.4) is 0 Å². The second-order valence-corrected chi connectivity index (χ2v) is 3.98. The molecule has 0 atom stereocenters. The summed E-state index contributed by atoms with van der Waals surface area (Å²) in [7, 11) is 0. The molecule has 1 fully saturated rings. The Morgan fingerprint density at radius 1 is 1.36 bits per heavy atom. The van der Waals surface area contributed by atoms with Gasteiger partial charge >= 0.3 is 0 Å². The maximum absolute atomic E-state index is 5.87. The molecule has 0 amide bonds. The number of ether oxygens (including phenoxy) is 1. The van der Waals surface area contributed by atoms with Crippen molar-refractivity contribution in [3.63, 3.8) is 0 Å². The van der Waals surface area contributed by atoms with Crippen LogP contribution in [0, 0.1) is 6.92 Å². The first-order valence-electron chi connectivity index (χ1n) is 4.91. The summed E-state index contributed by atoms with van der Waals surface area (Å²) in [5.41, 5.74) is 0.834. The summed E-state index contributed by atoms with van der Waals surface area (Å²) in [6.07, 6.45) is 6.52. The minimum absolute atomic E-state index is 0.319. The summed E-state index contributed by atoms with van der Waals surface area (Å²) in [6, 6.07) is 0. The summed E-state index contributed by atoms with van der Waals surface area (Å²) in [4.78, 5) is 7.97. The van der Waals surface area contributed by atoms with Crippen molar-refractivity contribution < 1.29 is 4.74 Å². The average molecular weight is 213 g/mol. The monoisotopic (exact) mass is 212 g/mol. The van der Waals surface area contributed by atoms with E-state index < -0.39 is 0 Å². The van der Waals surface area contributed by atoms with Crippen molar-refractivity contribution in [2.45, 2.75) is 38.7 Å². The highest BCUT2D eigenvalue weighted by atomic mass is 35.5. The van der Waals surface area contributed by atoms with Crippen LogP contribution >= 0.6 is 11.6 Å². The van der Waals surface area contributed by atoms with Gasteiger partial charge in [0.1, 0.15) is 17.6 Å². The van der Waals surface area contributed by atoms with Gasteiger partial charge in [-0.15, -0.1) is 0 Å². The molecule has 4 heteroatoms. The van der Waals surface area contributed by atoms with Crippen molar-refractivity contribution in [3.8, 4) is 5.88 Å². The summed E-state index contributed by atoms with van der Waals surface area (Å²) >= 11 is 5.87. The molecule has 3 nitrogen and oxygen atoms in total. The minimum Gasteiger partial charge on any atom is -0.474 e. The SMILES string of the molecule is Cc1c(Cl)ncnc1OC1CCCC1. The molecule has 1 saturated carbocycles. The van der Waals surface area contributed by atoms with Gasteiger partial charge in [-0.25, -0.2) is 9.97 Å². The van der Waals surface area contributed by atoms with Crippen molar-refractivity contribution in [1.82, 2.24) is 9.97 Å². The van der Waals surface area contributed by atoms with Crippen molar-refractivity contribution in [2.75, 3.05) is 0 Å². The molecule has 1 aromatic heterocycles. The fraction of sp³-hybridized carbons (Fsp3) is 0.600. The van der Waals surface area contributed by atoms with Gasteiger partial charge in [-0.2, -0.15) is 0 Å². The Kier molecular flexibility index (Phi) is 2.87. The molecular formula is C10H13ClN2O. The van der Waals surface area contributed by atoms with Crippen LogP contribution < -0.4 is 4.74 Å². The number of hydrogen-bond donors (Lipinski definition) is 0. The molecule has 14 heavy (non-hydrogen) atoms. The second kappa shape index (κ2) is 4.13. The smallest absolute Gasteiger partial charge is 0.221 e. The molecule has 0 spiro atoms.